The zero-order chi connectivity index (χ0) is 15.5. The van der Waals surface area contributed by atoms with Gasteiger partial charge in [-0.25, -0.2) is 0 Å². The Bertz CT molecular complexity index is 500. The highest BCUT2D eigenvalue weighted by atomic mass is 79.9. The first-order valence-electron chi connectivity index (χ1n) is 6.39. The van der Waals surface area contributed by atoms with E-state index >= 15 is 0 Å². The molecule has 1 rings (SSSR count). The summed E-state index contributed by atoms with van der Waals surface area (Å²) < 4.78 is 0.827. The molecule has 0 saturated carbocycles. The SMILES string of the molecule is Cc1cc(Br)cc(C(=O)NC(CC(=O)O)C(C)(C)C)c1. The number of amides is 1. The molecule has 1 atom stereocenters. The molecular weight excluding hydrogens is 322 g/mol. The minimum atomic E-state index is -0.921. The highest BCUT2D eigenvalue weighted by Gasteiger charge is 2.28. The van der Waals surface area contributed by atoms with Crippen LogP contribution in [0, 0.1) is 12.3 Å². The lowest BCUT2D eigenvalue weighted by molar-refractivity contribution is -0.138. The van der Waals surface area contributed by atoms with Gasteiger partial charge in [0.15, 0.2) is 0 Å². The van der Waals surface area contributed by atoms with Crippen LogP contribution >= 0.6 is 15.9 Å². The number of carbonyl (C=O) groups is 2. The van der Waals surface area contributed by atoms with Gasteiger partial charge in [-0.1, -0.05) is 36.7 Å². The fourth-order valence-electron chi connectivity index (χ4n) is 1.86. The first kappa shape index (κ1) is 16.7. The second-order valence-electron chi connectivity index (χ2n) is 6.01. The average Bonchev–Trinajstić information content (AvgIpc) is 2.24. The van der Waals surface area contributed by atoms with E-state index in [0.29, 0.717) is 5.56 Å². The maximum atomic E-state index is 12.3. The van der Waals surface area contributed by atoms with Crippen molar-refractivity contribution in [3.63, 3.8) is 0 Å². The summed E-state index contributed by atoms with van der Waals surface area (Å²) in [5.74, 6) is -1.17. The van der Waals surface area contributed by atoms with E-state index in [1.807, 2.05) is 33.8 Å². The van der Waals surface area contributed by atoms with Gasteiger partial charge < -0.3 is 10.4 Å². The van der Waals surface area contributed by atoms with E-state index < -0.39 is 12.0 Å². The van der Waals surface area contributed by atoms with Crippen molar-refractivity contribution in [2.24, 2.45) is 5.41 Å². The van der Waals surface area contributed by atoms with E-state index in [-0.39, 0.29) is 17.7 Å². The summed E-state index contributed by atoms with van der Waals surface area (Å²) in [6.07, 6.45) is -0.0950. The molecule has 1 amide bonds. The van der Waals surface area contributed by atoms with Crippen molar-refractivity contribution in [3.8, 4) is 0 Å². The predicted molar refractivity (Wildman–Crippen MR) is 81.8 cm³/mol. The van der Waals surface area contributed by atoms with Gasteiger partial charge in [0.1, 0.15) is 0 Å². The molecule has 5 heteroatoms. The Hall–Kier alpha value is -1.36. The number of rotatable bonds is 4. The lowest BCUT2D eigenvalue weighted by Gasteiger charge is -2.30. The molecule has 0 fully saturated rings. The molecule has 1 unspecified atom stereocenters. The van der Waals surface area contributed by atoms with Crippen LogP contribution in [0.3, 0.4) is 0 Å². The van der Waals surface area contributed by atoms with Crippen molar-refractivity contribution < 1.29 is 14.7 Å². The molecule has 2 N–H and O–H groups in total. The zero-order valence-corrected chi connectivity index (χ0v) is 13.7. The summed E-state index contributed by atoms with van der Waals surface area (Å²) in [4.78, 5) is 23.2. The number of hydrogen-bond acceptors (Lipinski definition) is 2. The smallest absolute Gasteiger partial charge is 0.305 e. The number of aryl methyl sites for hydroxylation is 1. The average molecular weight is 342 g/mol. The molecule has 110 valence electrons. The van der Waals surface area contributed by atoms with Crippen molar-refractivity contribution in [2.75, 3.05) is 0 Å². The first-order chi connectivity index (χ1) is 9.09. The van der Waals surface area contributed by atoms with E-state index in [0.717, 1.165) is 10.0 Å². The Morgan fingerprint density at radius 2 is 1.90 bits per heavy atom. The number of halogens is 1. The van der Waals surface area contributed by atoms with Gasteiger partial charge >= 0.3 is 5.97 Å². The Kier molecular flexibility index (Phi) is 5.34. The molecule has 0 aliphatic rings. The minimum Gasteiger partial charge on any atom is -0.481 e. The molecule has 0 aliphatic heterocycles. The summed E-state index contributed by atoms with van der Waals surface area (Å²) in [5, 5.41) is 11.8. The summed E-state index contributed by atoms with van der Waals surface area (Å²) in [6, 6.07) is 4.99. The quantitative estimate of drug-likeness (QED) is 0.882. The summed E-state index contributed by atoms with van der Waals surface area (Å²) in [5.41, 5.74) is 1.17. The van der Waals surface area contributed by atoms with Gasteiger partial charge in [0.25, 0.3) is 5.91 Å². The van der Waals surface area contributed by atoms with Gasteiger partial charge in [0, 0.05) is 16.1 Å². The van der Waals surface area contributed by atoms with Crippen LogP contribution in [0.2, 0.25) is 0 Å². The highest BCUT2D eigenvalue weighted by molar-refractivity contribution is 9.10. The molecule has 0 aromatic heterocycles. The van der Waals surface area contributed by atoms with Gasteiger partial charge in [-0.05, 0) is 36.1 Å². The second kappa shape index (κ2) is 6.39. The van der Waals surface area contributed by atoms with Crippen LogP contribution in [-0.2, 0) is 4.79 Å². The van der Waals surface area contributed by atoms with E-state index in [1.54, 1.807) is 12.1 Å². The van der Waals surface area contributed by atoms with Crippen LogP contribution in [0.15, 0.2) is 22.7 Å². The normalized spacial score (nSPS) is 12.8. The van der Waals surface area contributed by atoms with Crippen LogP contribution in [0.5, 0.6) is 0 Å². The molecule has 0 aliphatic carbocycles. The molecular formula is C15H20BrNO3. The first-order valence-corrected chi connectivity index (χ1v) is 7.19. The lowest BCUT2D eigenvalue weighted by atomic mass is 9.84. The number of carboxylic acid groups (broad SMARTS) is 1. The van der Waals surface area contributed by atoms with Gasteiger partial charge in [-0.2, -0.15) is 0 Å². The third-order valence-corrected chi connectivity index (χ3v) is 3.49. The standard InChI is InChI=1S/C15H20BrNO3/c1-9-5-10(7-11(16)6-9)14(20)17-12(8-13(18)19)15(2,3)4/h5-7,12H,8H2,1-4H3,(H,17,20)(H,18,19). The van der Waals surface area contributed by atoms with Crippen LogP contribution in [0.4, 0.5) is 0 Å². The predicted octanol–water partition coefficient (Wildman–Crippen LogP) is 3.38. The van der Waals surface area contributed by atoms with E-state index in [4.69, 9.17) is 5.11 Å². The number of hydrogen-bond donors (Lipinski definition) is 2. The van der Waals surface area contributed by atoms with Gasteiger partial charge in [0.05, 0.1) is 6.42 Å². The highest BCUT2D eigenvalue weighted by Crippen LogP contribution is 2.23. The van der Waals surface area contributed by atoms with Gasteiger partial charge in [-0.15, -0.1) is 0 Å². The number of carbonyl (C=O) groups excluding carboxylic acids is 1. The van der Waals surface area contributed by atoms with Crippen molar-refractivity contribution in [3.05, 3.63) is 33.8 Å². The number of carboxylic acids is 1. The fraction of sp³-hybridized carbons (Fsp3) is 0.467. The monoisotopic (exact) mass is 341 g/mol. The second-order valence-corrected chi connectivity index (χ2v) is 6.92. The van der Waals surface area contributed by atoms with Crippen molar-refractivity contribution in [1.82, 2.24) is 5.32 Å². The minimum absolute atomic E-state index is 0.0950. The molecule has 0 bridgehead atoms. The van der Waals surface area contributed by atoms with Crippen LogP contribution in [-0.4, -0.2) is 23.0 Å². The van der Waals surface area contributed by atoms with Crippen molar-refractivity contribution in [2.45, 2.75) is 40.2 Å². The van der Waals surface area contributed by atoms with Crippen LogP contribution < -0.4 is 5.32 Å². The topological polar surface area (TPSA) is 66.4 Å². The molecule has 1 aromatic rings. The van der Waals surface area contributed by atoms with Crippen molar-refractivity contribution >= 4 is 27.8 Å². The molecule has 4 nitrogen and oxygen atoms in total. The molecule has 0 radical (unpaired) electrons. The Balaban J connectivity index is 2.93. The molecule has 0 saturated heterocycles. The maximum Gasteiger partial charge on any atom is 0.305 e. The van der Waals surface area contributed by atoms with E-state index in [1.165, 1.54) is 0 Å². The maximum absolute atomic E-state index is 12.3. The zero-order valence-electron chi connectivity index (χ0n) is 12.2. The third kappa shape index (κ3) is 4.96. The third-order valence-electron chi connectivity index (χ3n) is 3.03. The lowest BCUT2D eigenvalue weighted by Crippen LogP contribution is -2.45. The Morgan fingerprint density at radius 3 is 2.35 bits per heavy atom. The molecule has 1 aromatic carbocycles. The summed E-state index contributed by atoms with van der Waals surface area (Å²) in [7, 11) is 0. The van der Waals surface area contributed by atoms with Crippen LogP contribution in [0.25, 0.3) is 0 Å². The number of nitrogens with one attached hydrogen (secondary N) is 1. The van der Waals surface area contributed by atoms with Gasteiger partial charge in [-0.3, -0.25) is 9.59 Å². The van der Waals surface area contributed by atoms with E-state index in [9.17, 15) is 9.59 Å². The Morgan fingerprint density at radius 1 is 1.30 bits per heavy atom. The summed E-state index contributed by atoms with van der Waals surface area (Å²) >= 11 is 3.35. The van der Waals surface area contributed by atoms with Crippen molar-refractivity contribution in [1.29, 1.82) is 0 Å². The summed E-state index contributed by atoms with van der Waals surface area (Å²) in [6.45, 7) is 7.63. The Labute approximate surface area is 127 Å². The molecule has 0 spiro atoms. The van der Waals surface area contributed by atoms with Gasteiger partial charge in [0.2, 0.25) is 0 Å². The van der Waals surface area contributed by atoms with Crippen LogP contribution in [0.1, 0.15) is 43.1 Å². The fourth-order valence-corrected chi connectivity index (χ4v) is 2.47. The number of aliphatic carboxylic acids is 1. The molecule has 20 heavy (non-hydrogen) atoms. The molecule has 0 heterocycles. The van der Waals surface area contributed by atoms with E-state index in [2.05, 4.69) is 21.2 Å². The number of benzene rings is 1. The largest absolute Gasteiger partial charge is 0.481 e.